The second-order valence-electron chi connectivity index (χ2n) is 19.5. The van der Waals surface area contributed by atoms with Crippen molar-refractivity contribution in [1.82, 2.24) is 20.5 Å². The van der Waals surface area contributed by atoms with Crippen molar-refractivity contribution < 1.29 is 38.5 Å². The number of halogens is 1. The summed E-state index contributed by atoms with van der Waals surface area (Å²) in [6, 6.07) is 18.2. The number of benzene rings is 3. The van der Waals surface area contributed by atoms with E-state index in [0.717, 1.165) is 28.8 Å². The molecule has 1 saturated carbocycles. The van der Waals surface area contributed by atoms with Gasteiger partial charge in [0.1, 0.15) is 30.3 Å². The lowest BCUT2D eigenvalue weighted by Crippen LogP contribution is -2.74. The monoisotopic (exact) mass is 939 g/mol. The zero-order valence-electron chi connectivity index (χ0n) is 38.9. The molecule has 0 unspecified atom stereocenters. The molecule has 4 aromatic rings. The number of aliphatic hydroxyl groups excluding tert-OH is 1. The Kier molecular flexibility index (Phi) is 16.3. The van der Waals surface area contributed by atoms with Crippen LogP contribution in [-0.4, -0.2) is 95.2 Å². The maximum Gasteiger partial charge on any atom is 0.251 e. The number of nitrogens with zero attached hydrogens (tertiary/aromatic N) is 3. The van der Waals surface area contributed by atoms with Crippen LogP contribution in [-0.2, 0) is 25.5 Å². The van der Waals surface area contributed by atoms with Gasteiger partial charge in [-0.15, -0.1) is 11.3 Å². The van der Waals surface area contributed by atoms with Gasteiger partial charge in [-0.25, -0.2) is 4.85 Å². The Hall–Kier alpha value is -5.33. The third-order valence-electron chi connectivity index (χ3n) is 12.6. The molecule has 3 aromatic carbocycles. The highest BCUT2D eigenvalue weighted by atomic mass is 35.5. The average Bonchev–Trinajstić information content (AvgIpc) is 3.97. The number of thiazole rings is 1. The summed E-state index contributed by atoms with van der Waals surface area (Å²) in [7, 11) is 0. The summed E-state index contributed by atoms with van der Waals surface area (Å²) >= 11 is 7.80. The van der Waals surface area contributed by atoms with Crippen LogP contribution in [0, 0.1) is 22.8 Å². The van der Waals surface area contributed by atoms with Gasteiger partial charge >= 0.3 is 0 Å². The van der Waals surface area contributed by atoms with Gasteiger partial charge in [0.25, 0.3) is 5.91 Å². The molecule has 66 heavy (non-hydrogen) atoms. The number of ether oxygens (including phenoxy) is 3. The number of hydrogen-bond acceptors (Lipinski definition) is 10. The predicted molar refractivity (Wildman–Crippen MR) is 256 cm³/mol. The highest BCUT2D eigenvalue weighted by molar-refractivity contribution is 7.13. The highest BCUT2D eigenvalue weighted by Gasteiger charge is 2.64. The third-order valence-corrected chi connectivity index (χ3v) is 13.8. The van der Waals surface area contributed by atoms with Crippen LogP contribution in [0.15, 0.2) is 78.4 Å². The van der Waals surface area contributed by atoms with Crippen LogP contribution in [0.2, 0.25) is 5.02 Å². The van der Waals surface area contributed by atoms with Crippen LogP contribution in [0.3, 0.4) is 0 Å². The molecule has 0 bridgehead atoms. The van der Waals surface area contributed by atoms with Crippen molar-refractivity contribution in [2.75, 3.05) is 26.4 Å². The summed E-state index contributed by atoms with van der Waals surface area (Å²) in [5, 5.41) is 17.0. The summed E-state index contributed by atoms with van der Waals surface area (Å²) in [6.45, 7) is 21.7. The van der Waals surface area contributed by atoms with E-state index < -0.39 is 35.4 Å². The fourth-order valence-electron chi connectivity index (χ4n) is 9.35. The van der Waals surface area contributed by atoms with E-state index in [1.165, 1.54) is 4.90 Å². The number of amides is 3. The Morgan fingerprint density at radius 2 is 1.65 bits per heavy atom. The van der Waals surface area contributed by atoms with Gasteiger partial charge in [0.05, 0.1) is 40.7 Å². The maximum absolute atomic E-state index is 14.0. The quantitative estimate of drug-likeness (QED) is 0.0581. The van der Waals surface area contributed by atoms with Crippen LogP contribution in [0.1, 0.15) is 96.5 Å². The number of β-amino-alcohol motifs (C(OH)–C–C–N with tert-alkyl or cyclic N) is 1. The van der Waals surface area contributed by atoms with Crippen molar-refractivity contribution in [2.45, 2.75) is 117 Å². The molecule has 15 heteroatoms. The summed E-state index contributed by atoms with van der Waals surface area (Å²) in [4.78, 5) is 63.9. The second-order valence-corrected chi connectivity index (χ2v) is 20.8. The van der Waals surface area contributed by atoms with E-state index in [2.05, 4.69) is 48.2 Å². The van der Waals surface area contributed by atoms with Crippen LogP contribution < -0.4 is 20.1 Å². The number of nitrogens with one attached hydrogen (secondary N) is 2. The number of aromatic nitrogens is 1. The summed E-state index contributed by atoms with van der Waals surface area (Å²) in [5.41, 5.74) is 3.30. The highest BCUT2D eigenvalue weighted by Crippen LogP contribution is 2.55. The summed E-state index contributed by atoms with van der Waals surface area (Å²) in [6.07, 6.45) is 3.93. The minimum Gasteiger partial charge on any atom is -0.494 e. The molecule has 0 spiro atoms. The molecule has 1 saturated heterocycles. The Morgan fingerprint density at radius 3 is 2.29 bits per heavy atom. The lowest BCUT2D eigenvalue weighted by Gasteiger charge is -2.63. The van der Waals surface area contributed by atoms with E-state index in [1.807, 2.05) is 51.2 Å². The third kappa shape index (κ3) is 12.2. The van der Waals surface area contributed by atoms with Gasteiger partial charge in [0, 0.05) is 54.6 Å². The molecule has 1 aromatic heterocycles. The number of unbranched alkanes of at least 4 members (excludes halogenated alkanes) is 2. The first-order chi connectivity index (χ1) is 31.3. The standard InChI is InChI=1S/C51H62ClN5O8S/c1-49(2,3)44(46(62)57-29-35(58)26-40(57)41(59)23-14-32-12-15-33(16-13-32)42-28-54-31-66-42)55-43(60)30-63-24-10-9-11-25-64-36-19-17-34(18-20-36)45(61)56-47-50(4,5)48(51(47,6)7)65-37-21-22-39(53-8)38(52)27-37/h12-13,15-22,27-28,31,35,40,44,47-48,58H,9-11,14,23-26,29-30H2,1-7H3,(H,55,60)(H,56,61)/t35-,40+,44-,47?,48?/m1/s1. The molecule has 2 heterocycles. The van der Waals surface area contributed by atoms with Crippen molar-refractivity contribution in [1.29, 1.82) is 0 Å². The molecule has 2 fully saturated rings. The van der Waals surface area contributed by atoms with Crippen molar-refractivity contribution >= 4 is 52.1 Å². The van der Waals surface area contributed by atoms with Gasteiger partial charge in [-0.3, -0.25) is 24.2 Å². The SMILES string of the molecule is [C-]#[N+]c1ccc(OC2C(C)(C)C(NC(=O)c3ccc(OCCCCCOCC(=O)N[C@H](C(=O)N4C[C@H](O)C[C@H]4C(=O)CCc4ccc(-c5cncs5)cc4)C(C)(C)C)cc3)C2(C)C)cc1Cl. The van der Waals surface area contributed by atoms with Gasteiger partial charge in [0.15, 0.2) is 5.78 Å². The number of hydrogen-bond donors (Lipinski definition) is 3. The number of ketones is 1. The lowest BCUT2D eigenvalue weighted by atomic mass is 9.49. The largest absolute Gasteiger partial charge is 0.494 e. The molecule has 2 aliphatic rings. The molecule has 1 aliphatic heterocycles. The van der Waals surface area contributed by atoms with Crippen molar-refractivity contribution in [3.63, 3.8) is 0 Å². The van der Waals surface area contributed by atoms with E-state index in [9.17, 15) is 24.3 Å². The van der Waals surface area contributed by atoms with Crippen LogP contribution >= 0.6 is 22.9 Å². The zero-order chi connectivity index (χ0) is 47.8. The van der Waals surface area contributed by atoms with Crippen LogP contribution in [0.25, 0.3) is 15.3 Å². The van der Waals surface area contributed by atoms with Crippen molar-refractivity contribution in [2.24, 2.45) is 16.2 Å². The van der Waals surface area contributed by atoms with E-state index in [0.29, 0.717) is 53.8 Å². The molecule has 0 radical (unpaired) electrons. The number of aryl methyl sites for hydroxylation is 1. The van der Waals surface area contributed by atoms with Crippen LogP contribution in [0.4, 0.5) is 5.69 Å². The van der Waals surface area contributed by atoms with Gasteiger partial charge in [0.2, 0.25) is 17.5 Å². The molecule has 6 rings (SSSR count). The van der Waals surface area contributed by atoms with E-state index in [4.69, 9.17) is 32.4 Å². The molecule has 1 aliphatic carbocycles. The Morgan fingerprint density at radius 1 is 0.970 bits per heavy atom. The minimum atomic E-state index is -0.924. The minimum absolute atomic E-state index is 0.0281. The van der Waals surface area contributed by atoms with Crippen molar-refractivity contribution in [3.8, 4) is 21.9 Å². The molecule has 3 amide bonds. The number of aliphatic hydroxyl groups is 1. The Labute approximate surface area is 397 Å². The molecule has 352 valence electrons. The molecular weight excluding hydrogens is 878 g/mol. The first-order valence-corrected chi connectivity index (χ1v) is 23.8. The van der Waals surface area contributed by atoms with Crippen LogP contribution in [0.5, 0.6) is 11.5 Å². The number of likely N-dealkylation sites (tertiary alicyclic amines) is 1. The van der Waals surface area contributed by atoms with Gasteiger partial charge in [-0.1, -0.05) is 90.4 Å². The Bertz CT molecular complexity index is 2340. The fourth-order valence-corrected chi connectivity index (χ4v) is 10.2. The number of carbonyl (C=O) groups is 4. The Balaban J connectivity index is 0.875. The molecule has 13 nitrogen and oxygen atoms in total. The summed E-state index contributed by atoms with van der Waals surface area (Å²) < 4.78 is 17.9. The fraction of sp³-hybridized carbons (Fsp3) is 0.490. The molecular formula is C51H62ClN5O8S. The lowest BCUT2D eigenvalue weighted by molar-refractivity contribution is -0.164. The van der Waals surface area contributed by atoms with Crippen molar-refractivity contribution in [3.05, 3.63) is 106 Å². The van der Waals surface area contributed by atoms with E-state index in [1.54, 1.807) is 59.3 Å². The smallest absolute Gasteiger partial charge is 0.251 e. The van der Waals surface area contributed by atoms with E-state index in [-0.39, 0.29) is 60.7 Å². The maximum atomic E-state index is 14.0. The van der Waals surface area contributed by atoms with Gasteiger partial charge < -0.3 is 34.9 Å². The average molecular weight is 941 g/mol. The summed E-state index contributed by atoms with van der Waals surface area (Å²) in [5.74, 6) is 0.0975. The first kappa shape index (κ1) is 50.1. The molecule has 3 atom stereocenters. The second kappa shape index (κ2) is 21.5. The predicted octanol–water partition coefficient (Wildman–Crippen LogP) is 8.89. The first-order valence-electron chi connectivity index (χ1n) is 22.5. The topological polar surface area (TPSA) is 161 Å². The van der Waals surface area contributed by atoms with Gasteiger partial charge in [-0.2, -0.15) is 0 Å². The van der Waals surface area contributed by atoms with E-state index >= 15 is 0 Å². The van der Waals surface area contributed by atoms with Gasteiger partial charge in [-0.05, 0) is 78.6 Å². The number of carbonyl (C=O) groups excluding carboxylic acids is 4. The normalized spacial score (nSPS) is 20.1. The molecule has 3 N–H and O–H groups in total. The number of Topliss-reactive ketones (excluding diaryl/α,β-unsaturated/α-hetero) is 1. The number of rotatable bonds is 20. The zero-order valence-corrected chi connectivity index (χ0v) is 40.5.